The van der Waals surface area contributed by atoms with Gasteiger partial charge in [0.2, 0.25) is 0 Å². The average molecular weight is 501 g/mol. The van der Waals surface area contributed by atoms with E-state index in [1.807, 2.05) is 0 Å². The zero-order valence-corrected chi connectivity index (χ0v) is 20.9. The van der Waals surface area contributed by atoms with Crippen LogP contribution in [0.4, 0.5) is 0 Å². The largest absolute Gasteiger partial charge is 0.0622 e. The van der Waals surface area contributed by atoms with Crippen LogP contribution in [0.5, 0.6) is 0 Å². The third-order valence-corrected chi connectivity index (χ3v) is 7.67. The highest BCUT2D eigenvalue weighted by Crippen LogP contribution is 2.50. The van der Waals surface area contributed by atoms with Gasteiger partial charge in [0.15, 0.2) is 0 Å². The average Bonchev–Trinajstić information content (AvgIpc) is 3.10. The zero-order chi connectivity index (χ0) is 23.3. The first-order chi connectivity index (χ1) is 16.5. The Bertz CT molecular complexity index is 1490. The van der Waals surface area contributed by atoms with Crippen molar-refractivity contribution in [2.45, 2.75) is 19.3 Å². The summed E-state index contributed by atoms with van der Waals surface area (Å²) in [4.78, 5) is 0. The van der Waals surface area contributed by atoms with Crippen LogP contribution in [0.1, 0.15) is 25.0 Å². The molecule has 0 saturated carbocycles. The van der Waals surface area contributed by atoms with Crippen molar-refractivity contribution >= 4 is 15.9 Å². The van der Waals surface area contributed by atoms with Crippen LogP contribution in [0.3, 0.4) is 0 Å². The second kappa shape index (κ2) is 8.11. The first-order valence-corrected chi connectivity index (χ1v) is 12.5. The van der Waals surface area contributed by atoms with Crippen molar-refractivity contribution in [3.8, 4) is 44.5 Å². The molecule has 0 unspecified atom stereocenters. The summed E-state index contributed by atoms with van der Waals surface area (Å²) in [6, 6.07) is 41.9. The molecule has 0 N–H and O–H groups in total. The van der Waals surface area contributed by atoms with Crippen molar-refractivity contribution in [1.82, 2.24) is 0 Å². The number of hydrogen-bond acceptors (Lipinski definition) is 0. The lowest BCUT2D eigenvalue weighted by atomic mass is 9.81. The van der Waals surface area contributed by atoms with Crippen molar-refractivity contribution < 1.29 is 0 Å². The molecule has 34 heavy (non-hydrogen) atoms. The second-order valence-corrected chi connectivity index (χ2v) is 10.5. The first-order valence-electron chi connectivity index (χ1n) is 11.7. The Hall–Kier alpha value is -3.42. The summed E-state index contributed by atoms with van der Waals surface area (Å²) in [7, 11) is 0. The normalized spacial score (nSPS) is 13.4. The molecule has 0 heterocycles. The molecule has 5 aromatic carbocycles. The summed E-state index contributed by atoms with van der Waals surface area (Å²) < 4.78 is 1.14. The maximum absolute atomic E-state index is 3.65. The van der Waals surface area contributed by atoms with Crippen LogP contribution < -0.4 is 0 Å². The SMILES string of the molecule is CC1(C)c2cc(Br)ccc2-c2ccc(-c3ccc(-c4ccc(-c5ccccc5)cc4)cc3)cc21. The molecule has 164 valence electrons. The summed E-state index contributed by atoms with van der Waals surface area (Å²) in [5, 5.41) is 0. The van der Waals surface area contributed by atoms with E-state index >= 15 is 0 Å². The van der Waals surface area contributed by atoms with Gasteiger partial charge in [-0.15, -0.1) is 0 Å². The smallest absolute Gasteiger partial charge is 0.0178 e. The highest BCUT2D eigenvalue weighted by Gasteiger charge is 2.35. The number of fused-ring (bicyclic) bond motifs is 3. The minimum absolute atomic E-state index is 0.00903. The van der Waals surface area contributed by atoms with Crippen LogP contribution >= 0.6 is 15.9 Å². The Morgan fingerprint density at radius 2 is 0.853 bits per heavy atom. The number of benzene rings is 5. The van der Waals surface area contributed by atoms with E-state index in [-0.39, 0.29) is 5.41 Å². The third kappa shape index (κ3) is 3.52. The molecule has 0 radical (unpaired) electrons. The molecule has 0 spiro atoms. The van der Waals surface area contributed by atoms with Gasteiger partial charge in [-0.1, -0.05) is 127 Å². The highest BCUT2D eigenvalue weighted by atomic mass is 79.9. The van der Waals surface area contributed by atoms with Crippen LogP contribution in [0.15, 0.2) is 120 Å². The van der Waals surface area contributed by atoms with Gasteiger partial charge in [0.05, 0.1) is 0 Å². The lowest BCUT2D eigenvalue weighted by Crippen LogP contribution is -2.15. The Labute approximate surface area is 210 Å². The van der Waals surface area contributed by atoms with Crippen molar-refractivity contribution in [1.29, 1.82) is 0 Å². The molecule has 0 aliphatic heterocycles. The predicted octanol–water partition coefficient (Wildman–Crippen LogP) is 9.76. The van der Waals surface area contributed by atoms with Gasteiger partial charge < -0.3 is 0 Å². The fourth-order valence-corrected chi connectivity index (χ4v) is 5.59. The van der Waals surface area contributed by atoms with E-state index in [9.17, 15) is 0 Å². The predicted molar refractivity (Wildman–Crippen MR) is 148 cm³/mol. The molecular formula is C33H25Br. The summed E-state index contributed by atoms with van der Waals surface area (Å²) in [6.07, 6.45) is 0. The minimum Gasteiger partial charge on any atom is -0.0622 e. The van der Waals surface area contributed by atoms with Gasteiger partial charge in [-0.05, 0) is 73.8 Å². The van der Waals surface area contributed by atoms with Crippen molar-refractivity contribution in [3.63, 3.8) is 0 Å². The van der Waals surface area contributed by atoms with Crippen molar-refractivity contribution in [2.24, 2.45) is 0 Å². The first kappa shape index (κ1) is 21.1. The number of halogens is 1. The summed E-state index contributed by atoms with van der Waals surface area (Å²) in [6.45, 7) is 4.66. The number of hydrogen-bond donors (Lipinski definition) is 0. The molecular weight excluding hydrogens is 476 g/mol. The molecule has 1 aliphatic carbocycles. The highest BCUT2D eigenvalue weighted by molar-refractivity contribution is 9.10. The maximum atomic E-state index is 3.65. The molecule has 0 saturated heterocycles. The van der Waals surface area contributed by atoms with Gasteiger partial charge in [-0.25, -0.2) is 0 Å². The van der Waals surface area contributed by atoms with Crippen LogP contribution in [0.25, 0.3) is 44.5 Å². The summed E-state index contributed by atoms with van der Waals surface area (Å²) in [5.74, 6) is 0. The van der Waals surface area contributed by atoms with Crippen molar-refractivity contribution in [3.05, 3.63) is 131 Å². The van der Waals surface area contributed by atoms with E-state index in [4.69, 9.17) is 0 Å². The van der Waals surface area contributed by atoms with Crippen LogP contribution in [-0.2, 0) is 5.41 Å². The molecule has 0 nitrogen and oxygen atoms in total. The third-order valence-electron chi connectivity index (χ3n) is 7.18. The van der Waals surface area contributed by atoms with E-state index < -0.39 is 0 Å². The maximum Gasteiger partial charge on any atom is 0.0178 e. The van der Waals surface area contributed by atoms with Gasteiger partial charge in [0.1, 0.15) is 0 Å². The number of rotatable bonds is 3. The quantitative estimate of drug-likeness (QED) is 0.231. The van der Waals surface area contributed by atoms with Crippen LogP contribution in [0, 0.1) is 0 Å². The Balaban J connectivity index is 1.30. The molecule has 0 bridgehead atoms. The monoisotopic (exact) mass is 500 g/mol. The Morgan fingerprint density at radius 1 is 0.441 bits per heavy atom. The molecule has 1 aliphatic rings. The minimum atomic E-state index is -0.00903. The molecule has 0 amide bonds. The van der Waals surface area contributed by atoms with Gasteiger partial charge in [-0.3, -0.25) is 0 Å². The molecule has 0 atom stereocenters. The Kier molecular flexibility index (Phi) is 5.04. The van der Waals surface area contributed by atoms with Gasteiger partial charge in [0.25, 0.3) is 0 Å². The van der Waals surface area contributed by atoms with Gasteiger partial charge in [0, 0.05) is 9.89 Å². The van der Waals surface area contributed by atoms with E-state index in [1.54, 1.807) is 0 Å². The van der Waals surface area contributed by atoms with Crippen molar-refractivity contribution in [2.75, 3.05) is 0 Å². The van der Waals surface area contributed by atoms with Gasteiger partial charge >= 0.3 is 0 Å². The molecule has 6 rings (SSSR count). The van der Waals surface area contributed by atoms with Crippen LogP contribution in [0.2, 0.25) is 0 Å². The molecule has 0 aromatic heterocycles. The van der Waals surface area contributed by atoms with E-state index in [0.29, 0.717) is 0 Å². The Morgan fingerprint density at radius 3 is 1.41 bits per heavy atom. The van der Waals surface area contributed by atoms with E-state index in [1.165, 1.54) is 55.6 Å². The standard InChI is InChI=1S/C33H25Br/c1-33(2)31-20-27(16-18-29(31)30-19-17-28(34)21-32(30)33)26-14-12-25(13-15-26)24-10-8-23(9-11-24)22-6-4-3-5-7-22/h3-21H,1-2H3. The topological polar surface area (TPSA) is 0 Å². The van der Waals surface area contributed by atoms with Gasteiger partial charge in [-0.2, -0.15) is 0 Å². The second-order valence-electron chi connectivity index (χ2n) is 9.60. The molecule has 5 aromatic rings. The molecule has 1 heteroatoms. The summed E-state index contributed by atoms with van der Waals surface area (Å²) in [5.41, 5.74) is 13.0. The molecule has 0 fully saturated rings. The fraction of sp³-hybridized carbons (Fsp3) is 0.0909. The lowest BCUT2D eigenvalue weighted by molar-refractivity contribution is 0.660. The zero-order valence-electron chi connectivity index (χ0n) is 19.3. The fourth-order valence-electron chi connectivity index (χ4n) is 5.23. The van der Waals surface area contributed by atoms with Crippen LogP contribution in [-0.4, -0.2) is 0 Å². The van der Waals surface area contributed by atoms with E-state index in [0.717, 1.165) is 4.47 Å². The van der Waals surface area contributed by atoms with E-state index in [2.05, 4.69) is 145 Å². The summed E-state index contributed by atoms with van der Waals surface area (Å²) >= 11 is 3.65. The lowest BCUT2D eigenvalue weighted by Gasteiger charge is -2.22.